The first-order valence-corrected chi connectivity index (χ1v) is 9.82. The summed E-state index contributed by atoms with van der Waals surface area (Å²) in [6.07, 6.45) is 5.04. The standard InChI is InChI=1S/C22H24F2N4O/c1-15-19(14-29)22-25-6-8-28(22)16(2)21(15)27-11-9-26(10-12-27)7-5-17-3-4-18(23)13-20(17)24/h3-4,6,8,13-14H,5,7,9-12H2,1-2H3. The maximum Gasteiger partial charge on any atom is 0.154 e. The smallest absolute Gasteiger partial charge is 0.154 e. The number of nitrogens with zero attached hydrogens (tertiary/aromatic N) is 4. The van der Waals surface area contributed by atoms with Crippen LogP contribution < -0.4 is 4.90 Å². The highest BCUT2D eigenvalue weighted by Crippen LogP contribution is 2.30. The Kier molecular flexibility index (Phi) is 5.32. The molecule has 4 rings (SSSR count). The third-order valence-electron chi connectivity index (χ3n) is 5.86. The van der Waals surface area contributed by atoms with Crippen molar-refractivity contribution in [3.63, 3.8) is 0 Å². The number of aromatic nitrogens is 2. The first-order chi connectivity index (χ1) is 14.0. The lowest BCUT2D eigenvalue weighted by Crippen LogP contribution is -2.47. The number of benzene rings is 1. The Morgan fingerprint density at radius 3 is 2.59 bits per heavy atom. The average Bonchev–Trinajstić information content (AvgIpc) is 3.19. The molecular formula is C22H24F2N4O. The Morgan fingerprint density at radius 1 is 1.14 bits per heavy atom. The monoisotopic (exact) mass is 398 g/mol. The molecule has 0 spiro atoms. The fourth-order valence-corrected chi connectivity index (χ4v) is 4.26. The number of pyridine rings is 1. The number of aldehydes is 1. The Morgan fingerprint density at radius 2 is 1.90 bits per heavy atom. The molecule has 3 aromatic rings. The van der Waals surface area contributed by atoms with Gasteiger partial charge in [-0.15, -0.1) is 0 Å². The van der Waals surface area contributed by atoms with Gasteiger partial charge < -0.3 is 9.30 Å². The highest BCUT2D eigenvalue weighted by atomic mass is 19.1. The Labute approximate surface area is 168 Å². The van der Waals surface area contributed by atoms with Crippen molar-refractivity contribution in [3.05, 3.63) is 64.6 Å². The van der Waals surface area contributed by atoms with E-state index in [-0.39, 0.29) is 0 Å². The van der Waals surface area contributed by atoms with Crippen LogP contribution in [0.3, 0.4) is 0 Å². The van der Waals surface area contributed by atoms with Gasteiger partial charge in [0, 0.05) is 56.9 Å². The summed E-state index contributed by atoms with van der Waals surface area (Å²) < 4.78 is 28.9. The zero-order valence-corrected chi connectivity index (χ0v) is 16.7. The van der Waals surface area contributed by atoms with Crippen molar-refractivity contribution in [2.24, 2.45) is 0 Å². The topological polar surface area (TPSA) is 40.9 Å². The molecule has 1 saturated heterocycles. The summed E-state index contributed by atoms with van der Waals surface area (Å²) in [6.45, 7) is 8.10. The second kappa shape index (κ2) is 7.91. The van der Waals surface area contributed by atoms with E-state index in [0.717, 1.165) is 62.0 Å². The number of imidazole rings is 1. The molecule has 0 N–H and O–H groups in total. The first-order valence-electron chi connectivity index (χ1n) is 9.82. The summed E-state index contributed by atoms with van der Waals surface area (Å²) in [7, 11) is 0. The van der Waals surface area contributed by atoms with Crippen molar-refractivity contribution in [2.75, 3.05) is 37.6 Å². The molecule has 0 radical (unpaired) electrons. The van der Waals surface area contributed by atoms with Gasteiger partial charge in [0.15, 0.2) is 6.29 Å². The van der Waals surface area contributed by atoms with Crippen LogP contribution in [0.5, 0.6) is 0 Å². The van der Waals surface area contributed by atoms with Crippen molar-refractivity contribution in [1.82, 2.24) is 14.3 Å². The van der Waals surface area contributed by atoms with E-state index in [1.54, 1.807) is 6.20 Å². The van der Waals surface area contributed by atoms with E-state index in [9.17, 15) is 13.6 Å². The van der Waals surface area contributed by atoms with E-state index in [2.05, 4.69) is 21.7 Å². The Balaban J connectivity index is 1.46. The number of carbonyl (C=O) groups is 1. The molecule has 1 aromatic carbocycles. The third-order valence-corrected chi connectivity index (χ3v) is 5.86. The van der Waals surface area contributed by atoms with Crippen molar-refractivity contribution in [3.8, 4) is 0 Å². The molecule has 7 heteroatoms. The molecule has 3 heterocycles. The summed E-state index contributed by atoms with van der Waals surface area (Å²) in [5.41, 5.74) is 4.98. The highest BCUT2D eigenvalue weighted by molar-refractivity contribution is 5.90. The van der Waals surface area contributed by atoms with Gasteiger partial charge in [0.2, 0.25) is 0 Å². The maximum atomic E-state index is 13.8. The van der Waals surface area contributed by atoms with Gasteiger partial charge in [0.1, 0.15) is 17.3 Å². The molecule has 29 heavy (non-hydrogen) atoms. The van der Waals surface area contributed by atoms with Crippen LogP contribution in [-0.4, -0.2) is 53.3 Å². The SMILES string of the molecule is Cc1c(N2CCN(CCc3ccc(F)cc3F)CC2)c(C)n2ccnc2c1C=O. The lowest BCUT2D eigenvalue weighted by atomic mass is 10.1. The number of piperazine rings is 1. The molecule has 1 fully saturated rings. The molecular weight excluding hydrogens is 374 g/mol. The second-order valence-electron chi connectivity index (χ2n) is 7.53. The van der Waals surface area contributed by atoms with Crippen molar-refractivity contribution < 1.29 is 13.6 Å². The summed E-state index contributed by atoms with van der Waals surface area (Å²) in [4.78, 5) is 20.6. The molecule has 152 valence electrons. The predicted octanol–water partition coefficient (Wildman–Crippen LogP) is 3.41. The van der Waals surface area contributed by atoms with Crippen LogP contribution in [0.4, 0.5) is 14.5 Å². The highest BCUT2D eigenvalue weighted by Gasteiger charge is 2.23. The van der Waals surface area contributed by atoms with Crippen LogP contribution in [0.1, 0.15) is 27.2 Å². The van der Waals surface area contributed by atoms with Gasteiger partial charge in [-0.25, -0.2) is 13.8 Å². The van der Waals surface area contributed by atoms with Crippen LogP contribution in [0.2, 0.25) is 0 Å². The Bertz CT molecular complexity index is 1050. The zero-order chi connectivity index (χ0) is 20.5. The predicted molar refractivity (Wildman–Crippen MR) is 109 cm³/mol. The fourth-order valence-electron chi connectivity index (χ4n) is 4.26. The van der Waals surface area contributed by atoms with Crippen LogP contribution in [-0.2, 0) is 6.42 Å². The maximum absolute atomic E-state index is 13.8. The second-order valence-corrected chi connectivity index (χ2v) is 7.53. The minimum atomic E-state index is -0.546. The van der Waals surface area contributed by atoms with Crippen LogP contribution in [0.15, 0.2) is 30.6 Å². The number of halogens is 2. The summed E-state index contributed by atoms with van der Waals surface area (Å²) >= 11 is 0. The molecule has 0 bridgehead atoms. The molecule has 0 unspecified atom stereocenters. The van der Waals surface area contributed by atoms with Gasteiger partial charge in [0.25, 0.3) is 0 Å². The molecule has 0 saturated carbocycles. The normalized spacial score (nSPS) is 15.2. The number of hydrogen-bond donors (Lipinski definition) is 0. The van der Waals surface area contributed by atoms with Gasteiger partial charge in [0.05, 0.1) is 11.3 Å². The number of rotatable bonds is 5. The van der Waals surface area contributed by atoms with E-state index < -0.39 is 11.6 Å². The van der Waals surface area contributed by atoms with Gasteiger partial charge in [-0.2, -0.15) is 0 Å². The quantitative estimate of drug-likeness (QED) is 0.618. The summed E-state index contributed by atoms with van der Waals surface area (Å²) in [6, 6.07) is 3.77. The van der Waals surface area contributed by atoms with Gasteiger partial charge >= 0.3 is 0 Å². The molecule has 5 nitrogen and oxygen atoms in total. The fraction of sp³-hybridized carbons (Fsp3) is 0.364. The lowest BCUT2D eigenvalue weighted by Gasteiger charge is -2.38. The van der Waals surface area contributed by atoms with Crippen molar-refractivity contribution in [2.45, 2.75) is 20.3 Å². The van der Waals surface area contributed by atoms with E-state index in [1.165, 1.54) is 12.1 Å². The largest absolute Gasteiger partial charge is 0.367 e. The number of aryl methyl sites for hydroxylation is 1. The third kappa shape index (κ3) is 3.62. The molecule has 0 aliphatic carbocycles. The van der Waals surface area contributed by atoms with Crippen LogP contribution >= 0.6 is 0 Å². The molecule has 2 aromatic heterocycles. The van der Waals surface area contributed by atoms with Crippen LogP contribution in [0.25, 0.3) is 5.65 Å². The lowest BCUT2D eigenvalue weighted by molar-refractivity contribution is 0.112. The zero-order valence-electron chi connectivity index (χ0n) is 16.7. The van der Waals surface area contributed by atoms with Gasteiger partial charge in [-0.05, 0) is 37.5 Å². The van der Waals surface area contributed by atoms with Crippen molar-refractivity contribution >= 4 is 17.6 Å². The van der Waals surface area contributed by atoms with Crippen molar-refractivity contribution in [1.29, 1.82) is 0 Å². The van der Waals surface area contributed by atoms with E-state index in [0.29, 0.717) is 23.2 Å². The average molecular weight is 398 g/mol. The molecule has 0 amide bonds. The first kappa shape index (κ1) is 19.5. The summed E-state index contributed by atoms with van der Waals surface area (Å²) in [5.74, 6) is -1.03. The van der Waals surface area contributed by atoms with E-state index in [1.807, 2.05) is 17.5 Å². The van der Waals surface area contributed by atoms with E-state index in [4.69, 9.17) is 0 Å². The minimum Gasteiger partial charge on any atom is -0.367 e. The number of hydrogen-bond acceptors (Lipinski definition) is 4. The molecule has 1 aliphatic rings. The van der Waals surface area contributed by atoms with E-state index >= 15 is 0 Å². The summed E-state index contributed by atoms with van der Waals surface area (Å²) in [5, 5.41) is 0. The Hall–Kier alpha value is -2.80. The van der Waals surface area contributed by atoms with Gasteiger partial charge in [-0.3, -0.25) is 9.69 Å². The minimum absolute atomic E-state index is 0.482. The number of fused-ring (bicyclic) bond motifs is 1. The molecule has 1 aliphatic heterocycles. The number of anilines is 1. The van der Waals surface area contributed by atoms with Gasteiger partial charge in [-0.1, -0.05) is 6.07 Å². The van der Waals surface area contributed by atoms with Crippen LogP contribution in [0, 0.1) is 25.5 Å². The molecule has 0 atom stereocenters. The number of carbonyl (C=O) groups excluding carboxylic acids is 1.